The largest absolute Gasteiger partial charge is 0.481 e. The number of carboxylic acid groups (broad SMARTS) is 1. The van der Waals surface area contributed by atoms with Crippen LogP contribution >= 0.6 is 0 Å². The monoisotopic (exact) mass is 287 g/mol. The van der Waals surface area contributed by atoms with Crippen molar-refractivity contribution < 1.29 is 19.4 Å². The van der Waals surface area contributed by atoms with Gasteiger partial charge in [0.2, 0.25) is 0 Å². The molecule has 1 aliphatic rings. The number of hydrogen-bond acceptors (Lipinski definition) is 4. The lowest BCUT2D eigenvalue weighted by Gasteiger charge is -2.25. The maximum absolute atomic E-state index is 12.0. The summed E-state index contributed by atoms with van der Waals surface area (Å²) in [5, 5.41) is 12.0. The van der Waals surface area contributed by atoms with Gasteiger partial charge in [-0.05, 0) is 13.8 Å². The molecule has 2 amide bonds. The van der Waals surface area contributed by atoms with Crippen molar-refractivity contribution >= 4 is 12.0 Å². The van der Waals surface area contributed by atoms with E-state index in [1.807, 2.05) is 13.8 Å². The highest BCUT2D eigenvalue weighted by Crippen LogP contribution is 2.12. The topological polar surface area (TPSA) is 82.1 Å². The summed E-state index contributed by atoms with van der Waals surface area (Å²) in [7, 11) is 1.57. The van der Waals surface area contributed by atoms with Crippen LogP contribution in [0.2, 0.25) is 0 Å². The summed E-state index contributed by atoms with van der Waals surface area (Å²) in [5.74, 6) is -1.40. The van der Waals surface area contributed by atoms with Gasteiger partial charge in [-0.3, -0.25) is 9.69 Å². The molecule has 0 aliphatic carbocycles. The summed E-state index contributed by atoms with van der Waals surface area (Å²) in [6, 6.07) is 0.0484. The molecular weight excluding hydrogens is 262 g/mol. The van der Waals surface area contributed by atoms with E-state index in [2.05, 4.69) is 10.2 Å². The van der Waals surface area contributed by atoms with Crippen LogP contribution in [-0.2, 0) is 9.53 Å². The summed E-state index contributed by atoms with van der Waals surface area (Å²) in [6.07, 6.45) is 0. The lowest BCUT2D eigenvalue weighted by atomic mass is 10.1. The van der Waals surface area contributed by atoms with E-state index in [-0.39, 0.29) is 18.6 Å². The average molecular weight is 287 g/mol. The van der Waals surface area contributed by atoms with E-state index in [1.165, 1.54) is 0 Å². The van der Waals surface area contributed by atoms with Gasteiger partial charge in [0.05, 0.1) is 12.5 Å². The van der Waals surface area contributed by atoms with E-state index in [1.54, 1.807) is 12.0 Å². The van der Waals surface area contributed by atoms with Crippen molar-refractivity contribution in [2.45, 2.75) is 19.9 Å². The van der Waals surface area contributed by atoms with Gasteiger partial charge in [-0.2, -0.15) is 0 Å². The first-order valence-corrected chi connectivity index (χ1v) is 6.94. The SMILES string of the molecule is COCCNC(=O)N1CCN(C(C)C)C[C@H](C(=O)O)C1. The molecule has 116 valence electrons. The number of methoxy groups -OCH3 is 1. The Morgan fingerprint density at radius 1 is 1.35 bits per heavy atom. The van der Waals surface area contributed by atoms with E-state index in [9.17, 15) is 14.7 Å². The van der Waals surface area contributed by atoms with Crippen LogP contribution in [0.15, 0.2) is 0 Å². The molecule has 0 aromatic rings. The molecule has 0 spiro atoms. The fourth-order valence-electron chi connectivity index (χ4n) is 2.22. The summed E-state index contributed by atoms with van der Waals surface area (Å²) in [6.45, 7) is 6.91. The Morgan fingerprint density at radius 2 is 2.05 bits per heavy atom. The Hall–Kier alpha value is -1.34. The number of ether oxygens (including phenoxy) is 1. The Kier molecular flexibility index (Phi) is 6.74. The fourth-order valence-corrected chi connectivity index (χ4v) is 2.22. The van der Waals surface area contributed by atoms with Crippen molar-refractivity contribution in [2.24, 2.45) is 5.92 Å². The molecule has 2 N–H and O–H groups in total. The molecule has 1 atom stereocenters. The van der Waals surface area contributed by atoms with E-state index in [0.29, 0.717) is 32.8 Å². The molecule has 1 fully saturated rings. The molecule has 7 nitrogen and oxygen atoms in total. The summed E-state index contributed by atoms with van der Waals surface area (Å²) in [4.78, 5) is 27.0. The van der Waals surface area contributed by atoms with Crippen molar-refractivity contribution in [2.75, 3.05) is 46.4 Å². The highest BCUT2D eigenvalue weighted by molar-refractivity contribution is 5.76. The van der Waals surface area contributed by atoms with Crippen molar-refractivity contribution in [1.29, 1.82) is 0 Å². The molecule has 0 aromatic carbocycles. The number of urea groups is 1. The second-order valence-electron chi connectivity index (χ2n) is 5.29. The van der Waals surface area contributed by atoms with Gasteiger partial charge in [0.1, 0.15) is 0 Å². The number of nitrogens with one attached hydrogen (secondary N) is 1. The molecular formula is C13H25N3O4. The zero-order valence-corrected chi connectivity index (χ0v) is 12.5. The molecule has 20 heavy (non-hydrogen) atoms. The predicted octanol–water partition coefficient (Wildman–Crippen LogP) is 0.0692. The molecule has 1 saturated heterocycles. The third kappa shape index (κ3) is 4.97. The molecule has 0 radical (unpaired) electrons. The first-order chi connectivity index (χ1) is 9.45. The van der Waals surface area contributed by atoms with Crippen LogP contribution in [0.1, 0.15) is 13.8 Å². The lowest BCUT2D eigenvalue weighted by Crippen LogP contribution is -2.44. The van der Waals surface area contributed by atoms with Gasteiger partial charge in [-0.25, -0.2) is 4.79 Å². The first-order valence-electron chi connectivity index (χ1n) is 6.94. The van der Waals surface area contributed by atoms with Gasteiger partial charge in [0.15, 0.2) is 0 Å². The Bertz CT molecular complexity index is 336. The third-order valence-electron chi connectivity index (χ3n) is 3.50. The van der Waals surface area contributed by atoms with Crippen molar-refractivity contribution in [1.82, 2.24) is 15.1 Å². The first kappa shape index (κ1) is 16.7. The van der Waals surface area contributed by atoms with Crippen LogP contribution in [-0.4, -0.2) is 79.4 Å². The normalized spacial score (nSPS) is 20.8. The summed E-state index contributed by atoms with van der Waals surface area (Å²) >= 11 is 0. The summed E-state index contributed by atoms with van der Waals surface area (Å²) < 4.78 is 4.88. The van der Waals surface area contributed by atoms with E-state index in [0.717, 1.165) is 0 Å². The number of carbonyl (C=O) groups is 2. The van der Waals surface area contributed by atoms with Gasteiger partial charge in [-0.1, -0.05) is 0 Å². The third-order valence-corrected chi connectivity index (χ3v) is 3.50. The molecule has 0 aromatic heterocycles. The second kappa shape index (κ2) is 8.06. The smallest absolute Gasteiger partial charge is 0.317 e. The Balaban J connectivity index is 2.63. The maximum Gasteiger partial charge on any atom is 0.317 e. The van der Waals surface area contributed by atoms with Crippen LogP contribution in [0.5, 0.6) is 0 Å². The van der Waals surface area contributed by atoms with Crippen molar-refractivity contribution in [3.05, 3.63) is 0 Å². The quantitative estimate of drug-likeness (QED) is 0.699. The van der Waals surface area contributed by atoms with Crippen molar-refractivity contribution in [3.8, 4) is 0 Å². The average Bonchev–Trinajstić information content (AvgIpc) is 2.61. The maximum atomic E-state index is 12.0. The highest BCUT2D eigenvalue weighted by Gasteiger charge is 2.30. The Morgan fingerprint density at radius 3 is 2.60 bits per heavy atom. The second-order valence-corrected chi connectivity index (χ2v) is 5.29. The number of aliphatic carboxylic acids is 1. The van der Waals surface area contributed by atoms with Crippen LogP contribution in [0.4, 0.5) is 4.79 Å². The van der Waals surface area contributed by atoms with Crippen LogP contribution in [0, 0.1) is 5.92 Å². The zero-order chi connectivity index (χ0) is 15.1. The minimum Gasteiger partial charge on any atom is -0.481 e. The molecule has 1 heterocycles. The molecule has 1 rings (SSSR count). The molecule has 0 bridgehead atoms. The van der Waals surface area contributed by atoms with Gasteiger partial charge >= 0.3 is 12.0 Å². The Labute approximate surface area is 119 Å². The predicted molar refractivity (Wildman–Crippen MR) is 74.7 cm³/mol. The molecule has 0 unspecified atom stereocenters. The number of amides is 2. The van der Waals surface area contributed by atoms with Gasteiger partial charge in [0, 0.05) is 45.9 Å². The van der Waals surface area contributed by atoms with Gasteiger partial charge in [-0.15, -0.1) is 0 Å². The molecule has 7 heteroatoms. The number of nitrogens with zero attached hydrogens (tertiary/aromatic N) is 2. The van der Waals surface area contributed by atoms with E-state index >= 15 is 0 Å². The zero-order valence-electron chi connectivity index (χ0n) is 12.5. The number of hydrogen-bond donors (Lipinski definition) is 2. The standard InChI is InChI=1S/C13H25N3O4/c1-10(2)15-5-6-16(9-11(8-15)12(17)18)13(19)14-4-7-20-3/h10-11H,4-9H2,1-3H3,(H,14,19)(H,17,18)/t11-/m0/s1. The summed E-state index contributed by atoms with van der Waals surface area (Å²) in [5.41, 5.74) is 0. The van der Waals surface area contributed by atoms with E-state index < -0.39 is 11.9 Å². The van der Waals surface area contributed by atoms with Gasteiger partial charge < -0.3 is 20.1 Å². The minimum atomic E-state index is -0.854. The van der Waals surface area contributed by atoms with Crippen molar-refractivity contribution in [3.63, 3.8) is 0 Å². The number of rotatable bonds is 5. The lowest BCUT2D eigenvalue weighted by molar-refractivity contribution is -0.142. The highest BCUT2D eigenvalue weighted by atomic mass is 16.5. The number of carbonyl (C=O) groups excluding carboxylic acids is 1. The minimum absolute atomic E-state index is 0.223. The van der Waals surface area contributed by atoms with Crippen LogP contribution in [0.3, 0.4) is 0 Å². The molecule has 0 saturated carbocycles. The van der Waals surface area contributed by atoms with Crippen LogP contribution < -0.4 is 5.32 Å². The fraction of sp³-hybridized carbons (Fsp3) is 0.846. The van der Waals surface area contributed by atoms with Crippen LogP contribution in [0.25, 0.3) is 0 Å². The number of carboxylic acids is 1. The van der Waals surface area contributed by atoms with Gasteiger partial charge in [0.25, 0.3) is 0 Å². The van der Waals surface area contributed by atoms with E-state index in [4.69, 9.17) is 4.74 Å². The molecule has 1 aliphatic heterocycles.